The van der Waals surface area contributed by atoms with Crippen LogP contribution in [0.3, 0.4) is 0 Å². The molecule has 0 amide bonds. The van der Waals surface area contributed by atoms with Gasteiger partial charge in [0, 0.05) is 0 Å². The molecule has 0 fully saturated rings. The lowest BCUT2D eigenvalue weighted by Gasteiger charge is -2.18. The fourth-order valence-electron chi connectivity index (χ4n) is 1.92. The molecule has 7 heteroatoms. The number of nitrogens with two attached hydrogens (primary N) is 1. The Morgan fingerprint density at radius 1 is 1.05 bits per heavy atom. The Hall–Kier alpha value is -2.54. The van der Waals surface area contributed by atoms with Crippen molar-refractivity contribution in [3.63, 3.8) is 0 Å². The van der Waals surface area contributed by atoms with Gasteiger partial charge in [0.15, 0.2) is 5.84 Å². The third-order valence-corrected chi connectivity index (χ3v) is 3.63. The molecule has 20 heavy (non-hydrogen) atoms. The number of para-hydroxylation sites is 1. The van der Waals surface area contributed by atoms with Gasteiger partial charge in [-0.1, -0.05) is 24.3 Å². The maximum absolute atomic E-state index is 11.5. The van der Waals surface area contributed by atoms with Crippen molar-refractivity contribution in [3.05, 3.63) is 54.1 Å². The van der Waals surface area contributed by atoms with E-state index in [1.54, 1.807) is 30.3 Å². The van der Waals surface area contributed by atoms with Crippen molar-refractivity contribution in [2.24, 2.45) is 10.1 Å². The van der Waals surface area contributed by atoms with Crippen molar-refractivity contribution in [1.82, 2.24) is 0 Å². The molecule has 1 aliphatic rings. The first-order valence-electron chi connectivity index (χ1n) is 5.80. The van der Waals surface area contributed by atoms with Crippen LogP contribution in [0.15, 0.2) is 52.9 Å². The maximum Gasteiger partial charge on any atom is 0.344 e. The van der Waals surface area contributed by atoms with Gasteiger partial charge in [-0.05, 0) is 24.3 Å². The molecule has 0 spiro atoms. The predicted molar refractivity (Wildman–Crippen MR) is 76.2 cm³/mol. The van der Waals surface area contributed by atoms with Crippen molar-refractivity contribution >= 4 is 21.7 Å². The SMILES string of the molecule is NC1=NS(=O)(=O)Nc2cccc(Oc3ccccc3)c21. The predicted octanol–water partition coefficient (Wildman–Crippen LogP) is 1.85. The number of hydrogen-bond donors (Lipinski definition) is 2. The monoisotopic (exact) mass is 289 g/mol. The van der Waals surface area contributed by atoms with Gasteiger partial charge in [0.05, 0.1) is 11.3 Å². The molecular weight excluding hydrogens is 278 g/mol. The molecule has 0 aromatic heterocycles. The van der Waals surface area contributed by atoms with Crippen molar-refractivity contribution in [2.45, 2.75) is 0 Å². The molecule has 0 saturated carbocycles. The first kappa shape index (κ1) is 12.5. The normalized spacial score (nSPS) is 15.7. The Bertz CT molecular complexity index is 786. The number of anilines is 1. The summed E-state index contributed by atoms with van der Waals surface area (Å²) in [5.74, 6) is 0.977. The van der Waals surface area contributed by atoms with Crippen molar-refractivity contribution in [1.29, 1.82) is 0 Å². The van der Waals surface area contributed by atoms with Gasteiger partial charge in [-0.3, -0.25) is 4.72 Å². The molecular formula is C13H11N3O3S. The van der Waals surface area contributed by atoms with Crippen LogP contribution in [-0.4, -0.2) is 14.3 Å². The molecule has 1 aliphatic heterocycles. The number of rotatable bonds is 2. The minimum atomic E-state index is -3.78. The van der Waals surface area contributed by atoms with Crippen LogP contribution < -0.4 is 15.2 Å². The fraction of sp³-hybridized carbons (Fsp3) is 0. The highest BCUT2D eigenvalue weighted by molar-refractivity contribution is 7.91. The zero-order chi connectivity index (χ0) is 14.2. The minimum Gasteiger partial charge on any atom is -0.457 e. The fourth-order valence-corrected chi connectivity index (χ4v) is 2.76. The van der Waals surface area contributed by atoms with E-state index in [4.69, 9.17) is 10.5 Å². The zero-order valence-electron chi connectivity index (χ0n) is 10.3. The summed E-state index contributed by atoms with van der Waals surface area (Å²) >= 11 is 0. The van der Waals surface area contributed by atoms with Crippen LogP contribution >= 0.6 is 0 Å². The van der Waals surface area contributed by atoms with Gasteiger partial charge in [0.25, 0.3) is 0 Å². The molecule has 0 aliphatic carbocycles. The molecule has 0 unspecified atom stereocenters. The summed E-state index contributed by atoms with van der Waals surface area (Å²) in [5, 5.41) is 0. The number of hydrogen-bond acceptors (Lipinski definition) is 4. The lowest BCUT2D eigenvalue weighted by Crippen LogP contribution is -2.26. The summed E-state index contributed by atoms with van der Waals surface area (Å²) in [5.41, 5.74) is 6.52. The van der Waals surface area contributed by atoms with E-state index in [0.29, 0.717) is 22.7 Å². The Morgan fingerprint density at radius 2 is 1.80 bits per heavy atom. The summed E-state index contributed by atoms with van der Waals surface area (Å²) in [6.07, 6.45) is 0. The summed E-state index contributed by atoms with van der Waals surface area (Å²) in [6.45, 7) is 0. The number of amidine groups is 1. The number of fused-ring (bicyclic) bond motifs is 1. The van der Waals surface area contributed by atoms with Gasteiger partial charge in [-0.2, -0.15) is 8.42 Å². The van der Waals surface area contributed by atoms with Crippen LogP contribution in [0.2, 0.25) is 0 Å². The van der Waals surface area contributed by atoms with E-state index >= 15 is 0 Å². The van der Waals surface area contributed by atoms with Gasteiger partial charge in [-0.25, -0.2) is 0 Å². The summed E-state index contributed by atoms with van der Waals surface area (Å²) < 4.78 is 34.4. The van der Waals surface area contributed by atoms with Crippen LogP contribution in [0.4, 0.5) is 5.69 Å². The summed E-state index contributed by atoms with van der Waals surface area (Å²) in [7, 11) is -3.78. The highest BCUT2D eigenvalue weighted by Gasteiger charge is 2.24. The van der Waals surface area contributed by atoms with E-state index in [9.17, 15) is 8.42 Å². The van der Waals surface area contributed by atoms with Gasteiger partial charge in [0.1, 0.15) is 11.5 Å². The Labute approximate surface area is 116 Å². The third kappa shape index (κ3) is 2.30. The lowest BCUT2D eigenvalue weighted by atomic mass is 10.1. The topological polar surface area (TPSA) is 93.8 Å². The van der Waals surface area contributed by atoms with Crippen molar-refractivity contribution in [2.75, 3.05) is 4.72 Å². The first-order valence-corrected chi connectivity index (χ1v) is 7.24. The van der Waals surface area contributed by atoms with Gasteiger partial charge in [0.2, 0.25) is 0 Å². The lowest BCUT2D eigenvalue weighted by molar-refractivity contribution is 0.482. The van der Waals surface area contributed by atoms with Crippen LogP contribution in [0.5, 0.6) is 11.5 Å². The molecule has 102 valence electrons. The largest absolute Gasteiger partial charge is 0.457 e. The maximum atomic E-state index is 11.5. The van der Waals surface area contributed by atoms with E-state index in [2.05, 4.69) is 9.12 Å². The Morgan fingerprint density at radius 3 is 2.55 bits per heavy atom. The second-order valence-electron chi connectivity index (χ2n) is 4.15. The number of benzene rings is 2. The van der Waals surface area contributed by atoms with E-state index in [1.165, 1.54) is 0 Å². The average molecular weight is 289 g/mol. The van der Waals surface area contributed by atoms with E-state index < -0.39 is 10.2 Å². The standard InChI is InChI=1S/C13H11N3O3S/c14-13-12-10(15-20(17,18)16-13)7-4-8-11(12)19-9-5-2-1-3-6-9/h1-8,15H,(H2,14,16). The van der Waals surface area contributed by atoms with Gasteiger partial charge in [-0.15, -0.1) is 4.40 Å². The van der Waals surface area contributed by atoms with Crippen LogP contribution in [0, 0.1) is 0 Å². The smallest absolute Gasteiger partial charge is 0.344 e. The molecule has 2 aromatic rings. The highest BCUT2D eigenvalue weighted by Crippen LogP contribution is 2.33. The number of ether oxygens (including phenoxy) is 1. The molecule has 2 aromatic carbocycles. The van der Waals surface area contributed by atoms with E-state index in [-0.39, 0.29) is 5.84 Å². The summed E-state index contributed by atoms with van der Waals surface area (Å²) in [6, 6.07) is 14.1. The average Bonchev–Trinajstić information content (AvgIpc) is 2.38. The molecule has 6 nitrogen and oxygen atoms in total. The van der Waals surface area contributed by atoms with Gasteiger partial charge >= 0.3 is 10.2 Å². The van der Waals surface area contributed by atoms with E-state index in [0.717, 1.165) is 0 Å². The second-order valence-corrected chi connectivity index (χ2v) is 5.48. The molecule has 3 N–H and O–H groups in total. The van der Waals surface area contributed by atoms with Crippen molar-refractivity contribution < 1.29 is 13.2 Å². The third-order valence-electron chi connectivity index (χ3n) is 2.71. The summed E-state index contributed by atoms with van der Waals surface area (Å²) in [4.78, 5) is 0. The Balaban J connectivity index is 2.07. The Kier molecular flexibility index (Phi) is 2.83. The zero-order valence-corrected chi connectivity index (χ0v) is 11.1. The highest BCUT2D eigenvalue weighted by atomic mass is 32.2. The first-order chi connectivity index (χ1) is 9.55. The second kappa shape index (κ2) is 4.53. The van der Waals surface area contributed by atoms with Crippen molar-refractivity contribution in [3.8, 4) is 11.5 Å². The number of nitrogens with zero attached hydrogens (tertiary/aromatic N) is 1. The van der Waals surface area contributed by atoms with Crippen LogP contribution in [0.25, 0.3) is 0 Å². The van der Waals surface area contributed by atoms with Gasteiger partial charge < -0.3 is 10.5 Å². The molecule has 0 saturated heterocycles. The molecule has 0 bridgehead atoms. The minimum absolute atomic E-state index is 0.0923. The quantitative estimate of drug-likeness (QED) is 0.882. The van der Waals surface area contributed by atoms with Crippen LogP contribution in [-0.2, 0) is 10.2 Å². The van der Waals surface area contributed by atoms with Crippen LogP contribution in [0.1, 0.15) is 5.56 Å². The van der Waals surface area contributed by atoms with E-state index in [1.807, 2.05) is 18.2 Å². The number of nitrogens with one attached hydrogen (secondary N) is 1. The molecule has 0 radical (unpaired) electrons. The molecule has 0 atom stereocenters. The molecule has 3 rings (SSSR count). The molecule has 1 heterocycles.